The van der Waals surface area contributed by atoms with E-state index in [-0.39, 0.29) is 11.9 Å². The largest absolute Gasteiger partial charge is 0.371 e. The van der Waals surface area contributed by atoms with Crippen molar-refractivity contribution in [3.63, 3.8) is 0 Å². The van der Waals surface area contributed by atoms with Crippen LogP contribution in [0, 0.1) is 5.82 Å². The van der Waals surface area contributed by atoms with Gasteiger partial charge in [0.25, 0.3) is 0 Å². The maximum atomic E-state index is 13.3. The highest BCUT2D eigenvalue weighted by atomic mass is 19.1. The Morgan fingerprint density at radius 1 is 1.24 bits per heavy atom. The normalized spacial score (nSPS) is 12.5. The van der Waals surface area contributed by atoms with Gasteiger partial charge in [-0.15, -0.1) is 0 Å². The second-order valence-corrected chi connectivity index (χ2v) is 4.48. The van der Waals surface area contributed by atoms with E-state index in [1.807, 2.05) is 13.0 Å². The Morgan fingerprint density at radius 2 is 1.82 bits per heavy atom. The summed E-state index contributed by atoms with van der Waals surface area (Å²) in [5.41, 5.74) is 7.89. The predicted molar refractivity (Wildman–Crippen MR) is 71.8 cm³/mol. The topological polar surface area (TPSA) is 29.3 Å². The van der Waals surface area contributed by atoms with Crippen LogP contribution in [0.15, 0.2) is 18.2 Å². The number of nitrogens with zero attached hydrogens (tertiary/aromatic N) is 1. The SMILES string of the molecule is CCCN(CCC)c1ccc(F)cc1[C@@H](C)N. The average molecular weight is 238 g/mol. The Morgan fingerprint density at radius 3 is 2.29 bits per heavy atom. The van der Waals surface area contributed by atoms with E-state index >= 15 is 0 Å². The van der Waals surface area contributed by atoms with Crippen molar-refractivity contribution in [2.24, 2.45) is 5.73 Å². The number of hydrogen-bond acceptors (Lipinski definition) is 2. The summed E-state index contributed by atoms with van der Waals surface area (Å²) in [5, 5.41) is 0. The first-order valence-corrected chi connectivity index (χ1v) is 6.40. The van der Waals surface area contributed by atoms with Crippen LogP contribution in [0.3, 0.4) is 0 Å². The molecule has 1 aromatic carbocycles. The molecule has 0 amide bonds. The molecule has 3 heteroatoms. The Labute approximate surface area is 104 Å². The summed E-state index contributed by atoms with van der Waals surface area (Å²) in [6.45, 7) is 8.17. The minimum absolute atomic E-state index is 0.142. The zero-order valence-corrected chi connectivity index (χ0v) is 11.0. The highest BCUT2D eigenvalue weighted by Gasteiger charge is 2.13. The standard InChI is InChI=1S/C14H23FN2/c1-4-8-17(9-5-2)14-7-6-12(15)10-13(14)11(3)16/h6-7,10-11H,4-5,8-9,16H2,1-3H3/t11-/m1/s1. The fourth-order valence-electron chi connectivity index (χ4n) is 2.07. The van der Waals surface area contributed by atoms with E-state index in [0.29, 0.717) is 0 Å². The Bertz CT molecular complexity index is 344. The molecular weight excluding hydrogens is 215 g/mol. The molecule has 0 fully saturated rings. The van der Waals surface area contributed by atoms with Gasteiger partial charge < -0.3 is 10.6 Å². The van der Waals surface area contributed by atoms with Crippen LogP contribution < -0.4 is 10.6 Å². The lowest BCUT2D eigenvalue weighted by atomic mass is 10.1. The first kappa shape index (κ1) is 14.0. The van der Waals surface area contributed by atoms with Gasteiger partial charge in [0.05, 0.1) is 0 Å². The van der Waals surface area contributed by atoms with Crippen molar-refractivity contribution in [3.05, 3.63) is 29.6 Å². The molecule has 17 heavy (non-hydrogen) atoms. The van der Waals surface area contributed by atoms with Gasteiger partial charge in [0.15, 0.2) is 0 Å². The molecule has 2 nitrogen and oxygen atoms in total. The third kappa shape index (κ3) is 3.70. The van der Waals surface area contributed by atoms with Gasteiger partial charge in [-0.25, -0.2) is 4.39 Å². The molecule has 2 N–H and O–H groups in total. The Kier molecular flexibility index (Phi) is 5.42. The summed E-state index contributed by atoms with van der Waals surface area (Å²) in [6, 6.07) is 4.77. The van der Waals surface area contributed by atoms with Crippen molar-refractivity contribution in [2.75, 3.05) is 18.0 Å². The fraction of sp³-hybridized carbons (Fsp3) is 0.571. The van der Waals surface area contributed by atoms with Gasteiger partial charge in [0.2, 0.25) is 0 Å². The minimum atomic E-state index is -0.214. The summed E-state index contributed by atoms with van der Waals surface area (Å²) < 4.78 is 13.3. The van der Waals surface area contributed by atoms with Gasteiger partial charge in [-0.2, -0.15) is 0 Å². The summed E-state index contributed by atoms with van der Waals surface area (Å²) in [4.78, 5) is 2.29. The molecule has 0 aliphatic rings. The predicted octanol–water partition coefficient (Wildman–Crippen LogP) is 3.47. The number of nitrogens with two attached hydrogens (primary N) is 1. The molecule has 0 saturated carbocycles. The van der Waals surface area contributed by atoms with E-state index in [0.717, 1.165) is 37.2 Å². The lowest BCUT2D eigenvalue weighted by Crippen LogP contribution is -2.27. The molecule has 0 radical (unpaired) electrons. The average Bonchev–Trinajstić information content (AvgIpc) is 2.28. The minimum Gasteiger partial charge on any atom is -0.371 e. The number of benzene rings is 1. The highest BCUT2D eigenvalue weighted by Crippen LogP contribution is 2.26. The van der Waals surface area contributed by atoms with Crippen LogP contribution in [0.1, 0.15) is 45.2 Å². The molecule has 1 aromatic rings. The van der Waals surface area contributed by atoms with Crippen LogP contribution >= 0.6 is 0 Å². The molecule has 0 saturated heterocycles. The second kappa shape index (κ2) is 6.60. The summed E-state index contributed by atoms with van der Waals surface area (Å²) in [6.07, 6.45) is 2.16. The Balaban J connectivity index is 3.07. The van der Waals surface area contributed by atoms with Crippen molar-refractivity contribution in [1.82, 2.24) is 0 Å². The number of hydrogen-bond donors (Lipinski definition) is 1. The lowest BCUT2D eigenvalue weighted by Gasteiger charge is -2.27. The van der Waals surface area contributed by atoms with Crippen LogP contribution in [0.2, 0.25) is 0 Å². The van der Waals surface area contributed by atoms with Crippen LogP contribution in [-0.2, 0) is 0 Å². The molecule has 0 aliphatic carbocycles. The third-order valence-electron chi connectivity index (χ3n) is 2.81. The van der Waals surface area contributed by atoms with Gasteiger partial charge in [-0.05, 0) is 43.5 Å². The molecule has 1 atom stereocenters. The molecular formula is C14H23FN2. The van der Waals surface area contributed by atoms with E-state index in [4.69, 9.17) is 5.73 Å². The summed E-state index contributed by atoms with van der Waals surface area (Å²) in [7, 11) is 0. The number of rotatable bonds is 6. The van der Waals surface area contributed by atoms with Gasteiger partial charge in [0, 0.05) is 24.8 Å². The van der Waals surface area contributed by atoms with Crippen LogP contribution in [0.25, 0.3) is 0 Å². The smallest absolute Gasteiger partial charge is 0.123 e. The highest BCUT2D eigenvalue weighted by molar-refractivity contribution is 5.55. The van der Waals surface area contributed by atoms with E-state index < -0.39 is 0 Å². The maximum absolute atomic E-state index is 13.3. The summed E-state index contributed by atoms with van der Waals surface area (Å²) in [5.74, 6) is -0.214. The fourth-order valence-corrected chi connectivity index (χ4v) is 2.07. The van der Waals surface area contributed by atoms with Crippen molar-refractivity contribution < 1.29 is 4.39 Å². The van der Waals surface area contributed by atoms with Crippen LogP contribution in [0.4, 0.5) is 10.1 Å². The van der Waals surface area contributed by atoms with Gasteiger partial charge >= 0.3 is 0 Å². The third-order valence-corrected chi connectivity index (χ3v) is 2.81. The zero-order valence-electron chi connectivity index (χ0n) is 11.0. The molecule has 0 unspecified atom stereocenters. The van der Waals surface area contributed by atoms with Crippen molar-refractivity contribution in [3.8, 4) is 0 Å². The van der Waals surface area contributed by atoms with Crippen LogP contribution in [0.5, 0.6) is 0 Å². The first-order chi connectivity index (χ1) is 8.10. The Hall–Kier alpha value is -1.09. The first-order valence-electron chi connectivity index (χ1n) is 6.40. The van der Waals surface area contributed by atoms with Crippen molar-refractivity contribution >= 4 is 5.69 Å². The van der Waals surface area contributed by atoms with Gasteiger partial charge in [-0.3, -0.25) is 0 Å². The zero-order chi connectivity index (χ0) is 12.8. The lowest BCUT2D eigenvalue weighted by molar-refractivity contribution is 0.620. The van der Waals surface area contributed by atoms with Gasteiger partial charge in [0.1, 0.15) is 5.82 Å². The molecule has 0 aliphatic heterocycles. The number of anilines is 1. The molecule has 0 spiro atoms. The second-order valence-electron chi connectivity index (χ2n) is 4.48. The van der Waals surface area contributed by atoms with Crippen molar-refractivity contribution in [2.45, 2.75) is 39.7 Å². The van der Waals surface area contributed by atoms with Gasteiger partial charge in [-0.1, -0.05) is 13.8 Å². The monoisotopic (exact) mass is 238 g/mol. The summed E-state index contributed by atoms with van der Waals surface area (Å²) >= 11 is 0. The number of halogens is 1. The maximum Gasteiger partial charge on any atom is 0.123 e. The molecule has 96 valence electrons. The van der Waals surface area contributed by atoms with Crippen molar-refractivity contribution in [1.29, 1.82) is 0 Å². The van der Waals surface area contributed by atoms with E-state index in [1.165, 1.54) is 6.07 Å². The quantitative estimate of drug-likeness (QED) is 0.822. The molecule has 0 aromatic heterocycles. The van der Waals surface area contributed by atoms with E-state index in [9.17, 15) is 4.39 Å². The molecule has 1 rings (SSSR count). The van der Waals surface area contributed by atoms with E-state index in [2.05, 4.69) is 18.7 Å². The molecule has 0 heterocycles. The molecule has 0 bridgehead atoms. The van der Waals surface area contributed by atoms with E-state index in [1.54, 1.807) is 6.07 Å². The van der Waals surface area contributed by atoms with Crippen LogP contribution in [-0.4, -0.2) is 13.1 Å².